The Balaban J connectivity index is 3.09. The fourth-order valence-corrected chi connectivity index (χ4v) is 1.29. The van der Waals surface area contributed by atoms with Crippen molar-refractivity contribution in [1.82, 2.24) is 10.2 Å². The van der Waals surface area contributed by atoms with Gasteiger partial charge in [0, 0.05) is 12.5 Å². The van der Waals surface area contributed by atoms with Crippen molar-refractivity contribution in [1.29, 1.82) is 5.26 Å². The lowest BCUT2D eigenvalue weighted by Crippen LogP contribution is -2.29. The van der Waals surface area contributed by atoms with E-state index in [1.807, 2.05) is 0 Å². The lowest BCUT2D eigenvalue weighted by atomic mass is 10.2. The zero-order chi connectivity index (χ0) is 11.5. The predicted molar refractivity (Wildman–Crippen MR) is 64.7 cm³/mol. The highest BCUT2D eigenvalue weighted by Gasteiger charge is 2.01. The van der Waals surface area contributed by atoms with Gasteiger partial charge in [-0.3, -0.25) is 0 Å². The average molecular weight is 211 g/mol. The van der Waals surface area contributed by atoms with E-state index < -0.39 is 0 Å². The third-order valence-corrected chi connectivity index (χ3v) is 2.64. The van der Waals surface area contributed by atoms with Crippen molar-refractivity contribution in [2.45, 2.75) is 45.6 Å². The van der Waals surface area contributed by atoms with Gasteiger partial charge in [0.15, 0.2) is 0 Å². The fraction of sp³-hybridized carbons (Fsp3) is 0.917. The second-order valence-corrected chi connectivity index (χ2v) is 4.29. The largest absolute Gasteiger partial charge is 0.317 e. The molecule has 0 heterocycles. The molecule has 0 saturated heterocycles. The molecule has 0 aromatic heterocycles. The molecule has 0 saturated carbocycles. The Labute approximate surface area is 94.5 Å². The first-order chi connectivity index (χ1) is 7.18. The molecular formula is C12H25N3. The van der Waals surface area contributed by atoms with Crippen LogP contribution in [0.25, 0.3) is 0 Å². The van der Waals surface area contributed by atoms with E-state index in [1.54, 1.807) is 0 Å². The maximum Gasteiger partial charge on any atom is 0.0621 e. The molecule has 0 aromatic carbocycles. The van der Waals surface area contributed by atoms with Crippen LogP contribution in [0.2, 0.25) is 0 Å². The summed E-state index contributed by atoms with van der Waals surface area (Å²) in [5.41, 5.74) is 0. The van der Waals surface area contributed by atoms with Gasteiger partial charge < -0.3 is 10.2 Å². The summed E-state index contributed by atoms with van der Waals surface area (Å²) < 4.78 is 0. The highest BCUT2D eigenvalue weighted by molar-refractivity contribution is 4.68. The van der Waals surface area contributed by atoms with E-state index >= 15 is 0 Å². The quantitative estimate of drug-likeness (QED) is 0.593. The van der Waals surface area contributed by atoms with E-state index in [9.17, 15) is 0 Å². The lowest BCUT2D eigenvalue weighted by Gasteiger charge is -2.20. The summed E-state index contributed by atoms with van der Waals surface area (Å²) in [5, 5.41) is 11.7. The molecule has 0 aromatic rings. The van der Waals surface area contributed by atoms with E-state index in [4.69, 9.17) is 5.26 Å². The Morgan fingerprint density at radius 3 is 2.47 bits per heavy atom. The number of hydrogen-bond donors (Lipinski definition) is 1. The Morgan fingerprint density at radius 2 is 1.87 bits per heavy atom. The molecule has 0 aliphatic heterocycles. The Hall–Kier alpha value is -0.590. The molecule has 0 aliphatic rings. The summed E-state index contributed by atoms with van der Waals surface area (Å²) in [7, 11) is 2.16. The van der Waals surface area contributed by atoms with Crippen molar-refractivity contribution in [2.24, 2.45) is 0 Å². The second kappa shape index (κ2) is 9.95. The topological polar surface area (TPSA) is 39.1 Å². The van der Waals surface area contributed by atoms with Crippen molar-refractivity contribution in [2.75, 3.05) is 26.7 Å². The first-order valence-corrected chi connectivity index (χ1v) is 5.96. The van der Waals surface area contributed by atoms with Crippen molar-refractivity contribution in [3.05, 3.63) is 0 Å². The van der Waals surface area contributed by atoms with Crippen LogP contribution in [0.3, 0.4) is 0 Å². The van der Waals surface area contributed by atoms with Crippen LogP contribution in [0, 0.1) is 11.3 Å². The van der Waals surface area contributed by atoms with E-state index in [-0.39, 0.29) is 0 Å². The maximum absolute atomic E-state index is 8.34. The highest BCUT2D eigenvalue weighted by Crippen LogP contribution is 1.95. The monoisotopic (exact) mass is 211 g/mol. The second-order valence-electron chi connectivity index (χ2n) is 4.29. The van der Waals surface area contributed by atoms with Crippen LogP contribution in [-0.2, 0) is 0 Å². The van der Waals surface area contributed by atoms with Crippen LogP contribution in [0.1, 0.15) is 39.5 Å². The van der Waals surface area contributed by atoms with Crippen LogP contribution >= 0.6 is 0 Å². The highest BCUT2D eigenvalue weighted by atomic mass is 15.1. The van der Waals surface area contributed by atoms with E-state index in [0.29, 0.717) is 12.5 Å². The van der Waals surface area contributed by atoms with Crippen LogP contribution in [0.4, 0.5) is 0 Å². The molecule has 88 valence electrons. The lowest BCUT2D eigenvalue weighted by molar-refractivity contribution is 0.269. The van der Waals surface area contributed by atoms with Crippen molar-refractivity contribution in [3.63, 3.8) is 0 Å². The zero-order valence-electron chi connectivity index (χ0n) is 10.4. The molecule has 0 spiro atoms. The number of rotatable bonds is 9. The molecule has 0 amide bonds. The van der Waals surface area contributed by atoms with Gasteiger partial charge in [-0.15, -0.1) is 0 Å². The summed E-state index contributed by atoms with van der Waals surface area (Å²) in [4.78, 5) is 2.36. The van der Waals surface area contributed by atoms with Gasteiger partial charge in [0.1, 0.15) is 0 Å². The molecule has 0 atom stereocenters. The van der Waals surface area contributed by atoms with Crippen LogP contribution in [0.5, 0.6) is 0 Å². The summed E-state index contributed by atoms with van der Waals surface area (Å²) in [6, 6.07) is 2.80. The van der Waals surface area contributed by atoms with E-state index in [1.165, 1.54) is 6.42 Å². The number of nitrogens with one attached hydrogen (secondary N) is 1. The van der Waals surface area contributed by atoms with Gasteiger partial charge in [-0.25, -0.2) is 0 Å². The van der Waals surface area contributed by atoms with E-state index in [0.717, 1.165) is 32.5 Å². The van der Waals surface area contributed by atoms with Gasteiger partial charge >= 0.3 is 0 Å². The molecule has 0 rings (SSSR count). The Kier molecular flexibility index (Phi) is 9.55. The first kappa shape index (κ1) is 14.4. The summed E-state index contributed by atoms with van der Waals surface area (Å²) >= 11 is 0. The minimum absolute atomic E-state index is 0.639. The van der Waals surface area contributed by atoms with Crippen LogP contribution in [0.15, 0.2) is 0 Å². The summed E-state index contributed by atoms with van der Waals surface area (Å²) in [6.07, 6.45) is 4.04. The van der Waals surface area contributed by atoms with Crippen molar-refractivity contribution in [3.8, 4) is 6.07 Å². The molecule has 1 N–H and O–H groups in total. The molecule has 3 heteroatoms. The van der Waals surface area contributed by atoms with Gasteiger partial charge in [-0.1, -0.05) is 0 Å². The van der Waals surface area contributed by atoms with E-state index in [2.05, 4.69) is 37.2 Å². The molecule has 0 aliphatic carbocycles. The number of nitriles is 1. The zero-order valence-corrected chi connectivity index (χ0v) is 10.4. The van der Waals surface area contributed by atoms with Gasteiger partial charge in [0.05, 0.1) is 6.07 Å². The van der Waals surface area contributed by atoms with Gasteiger partial charge in [-0.05, 0) is 59.8 Å². The predicted octanol–water partition coefficient (Wildman–Crippen LogP) is 2.00. The molecule has 0 radical (unpaired) electrons. The number of nitrogens with zero attached hydrogens (tertiary/aromatic N) is 2. The third-order valence-electron chi connectivity index (χ3n) is 2.64. The number of hydrogen-bond acceptors (Lipinski definition) is 3. The third kappa shape index (κ3) is 9.71. The number of unbranched alkanes of at least 4 members (excludes halogenated alkanes) is 2. The molecule has 0 bridgehead atoms. The maximum atomic E-state index is 8.34. The van der Waals surface area contributed by atoms with Gasteiger partial charge in [0.25, 0.3) is 0 Å². The first-order valence-electron chi connectivity index (χ1n) is 5.96. The van der Waals surface area contributed by atoms with Gasteiger partial charge in [0.2, 0.25) is 0 Å². The summed E-state index contributed by atoms with van der Waals surface area (Å²) in [5.74, 6) is 0. The molecule has 0 unspecified atom stereocenters. The SMILES string of the molecule is CC(C)N(C)CCCNCCCCC#N. The Morgan fingerprint density at radius 1 is 1.20 bits per heavy atom. The smallest absolute Gasteiger partial charge is 0.0621 e. The molecule has 0 fully saturated rings. The van der Waals surface area contributed by atoms with Gasteiger partial charge in [-0.2, -0.15) is 5.26 Å². The fourth-order valence-electron chi connectivity index (χ4n) is 1.29. The normalized spacial score (nSPS) is 10.9. The molecule has 3 nitrogen and oxygen atoms in total. The van der Waals surface area contributed by atoms with Crippen LogP contribution < -0.4 is 5.32 Å². The average Bonchev–Trinajstić information content (AvgIpc) is 2.21. The molecular weight excluding hydrogens is 186 g/mol. The Bertz CT molecular complexity index is 172. The van der Waals surface area contributed by atoms with Crippen molar-refractivity contribution < 1.29 is 0 Å². The minimum Gasteiger partial charge on any atom is -0.317 e. The molecule has 15 heavy (non-hydrogen) atoms. The summed E-state index contributed by atoms with van der Waals surface area (Å²) in [6.45, 7) is 7.73. The van der Waals surface area contributed by atoms with Crippen molar-refractivity contribution >= 4 is 0 Å². The minimum atomic E-state index is 0.639. The standard InChI is InChI=1S/C12H25N3/c1-12(2)15(3)11-7-10-14-9-6-4-5-8-13/h12,14H,4-7,9-11H2,1-3H3. The van der Waals surface area contributed by atoms with Crippen LogP contribution in [-0.4, -0.2) is 37.6 Å².